The largest absolute Gasteiger partial charge is 0.369 e. The number of nitrogens with zero attached hydrogens (tertiary/aromatic N) is 3. The van der Waals surface area contributed by atoms with Crippen LogP contribution >= 0.6 is 11.6 Å². The van der Waals surface area contributed by atoms with E-state index in [1.807, 2.05) is 6.20 Å². The zero-order valence-electron chi connectivity index (χ0n) is 8.99. The van der Waals surface area contributed by atoms with E-state index in [0.717, 1.165) is 31.9 Å². The van der Waals surface area contributed by atoms with E-state index in [0.29, 0.717) is 5.88 Å². The first kappa shape index (κ1) is 10.7. The molecule has 1 aliphatic heterocycles. The minimum atomic E-state index is 0.488. The molecule has 4 heteroatoms. The molecule has 0 unspecified atom stereocenters. The van der Waals surface area contributed by atoms with Crippen LogP contribution in [0.15, 0.2) is 18.3 Å². The van der Waals surface area contributed by atoms with Gasteiger partial charge in [-0.3, -0.25) is 4.98 Å². The Morgan fingerprint density at radius 1 is 1.33 bits per heavy atom. The fourth-order valence-electron chi connectivity index (χ4n) is 1.80. The van der Waals surface area contributed by atoms with Crippen molar-refractivity contribution in [3.8, 4) is 0 Å². The molecule has 1 aromatic heterocycles. The van der Waals surface area contributed by atoms with Gasteiger partial charge in [0.25, 0.3) is 0 Å². The molecule has 0 amide bonds. The number of piperazine rings is 1. The maximum atomic E-state index is 5.77. The van der Waals surface area contributed by atoms with E-state index >= 15 is 0 Å². The predicted octanol–water partition coefficient (Wildman–Crippen LogP) is 1.57. The van der Waals surface area contributed by atoms with Crippen LogP contribution in [0.25, 0.3) is 0 Å². The van der Waals surface area contributed by atoms with Gasteiger partial charge in [0, 0.05) is 38.1 Å². The summed E-state index contributed by atoms with van der Waals surface area (Å²) in [4.78, 5) is 8.93. The minimum Gasteiger partial charge on any atom is -0.369 e. The summed E-state index contributed by atoms with van der Waals surface area (Å²) >= 11 is 5.77. The molecule has 0 aliphatic carbocycles. The summed E-state index contributed by atoms with van der Waals surface area (Å²) in [7, 11) is 2.16. The lowest BCUT2D eigenvalue weighted by molar-refractivity contribution is 0.313. The van der Waals surface area contributed by atoms with Crippen molar-refractivity contribution in [3.63, 3.8) is 0 Å². The molecular formula is C11H16ClN3. The van der Waals surface area contributed by atoms with Gasteiger partial charge in [-0.25, -0.2) is 0 Å². The number of hydrogen-bond donors (Lipinski definition) is 0. The number of pyridine rings is 1. The van der Waals surface area contributed by atoms with Crippen LogP contribution in [-0.2, 0) is 5.88 Å². The van der Waals surface area contributed by atoms with Gasteiger partial charge in [-0.15, -0.1) is 11.6 Å². The second-order valence-electron chi connectivity index (χ2n) is 3.93. The molecule has 0 radical (unpaired) electrons. The standard InChI is InChI=1S/C11H16ClN3/c1-14-4-6-15(7-5-14)11-2-3-13-10(8-11)9-12/h2-3,8H,4-7,9H2,1H3. The fourth-order valence-corrected chi connectivity index (χ4v) is 1.95. The molecule has 1 saturated heterocycles. The number of halogens is 1. The van der Waals surface area contributed by atoms with E-state index in [1.165, 1.54) is 5.69 Å². The van der Waals surface area contributed by atoms with Crippen LogP contribution < -0.4 is 4.90 Å². The maximum Gasteiger partial charge on any atom is 0.0648 e. The molecule has 15 heavy (non-hydrogen) atoms. The quantitative estimate of drug-likeness (QED) is 0.713. The molecule has 3 nitrogen and oxygen atoms in total. The molecule has 0 N–H and O–H groups in total. The zero-order valence-corrected chi connectivity index (χ0v) is 9.74. The molecule has 0 atom stereocenters. The molecular weight excluding hydrogens is 210 g/mol. The van der Waals surface area contributed by atoms with Crippen LogP contribution in [0, 0.1) is 0 Å². The van der Waals surface area contributed by atoms with Crippen molar-refractivity contribution >= 4 is 17.3 Å². The summed E-state index contributed by atoms with van der Waals surface area (Å²) in [5.74, 6) is 0.488. The van der Waals surface area contributed by atoms with Crippen LogP contribution in [-0.4, -0.2) is 43.1 Å². The van der Waals surface area contributed by atoms with Crippen molar-refractivity contribution in [2.75, 3.05) is 38.1 Å². The Kier molecular flexibility index (Phi) is 3.44. The monoisotopic (exact) mass is 225 g/mol. The molecule has 82 valence electrons. The van der Waals surface area contributed by atoms with Gasteiger partial charge in [0.05, 0.1) is 11.6 Å². The average Bonchev–Trinajstić information content (AvgIpc) is 2.30. The molecule has 1 fully saturated rings. The summed E-state index contributed by atoms with van der Waals surface area (Å²) in [6.07, 6.45) is 1.84. The van der Waals surface area contributed by atoms with Crippen LogP contribution in [0.1, 0.15) is 5.69 Å². The van der Waals surface area contributed by atoms with Gasteiger partial charge < -0.3 is 9.80 Å². The van der Waals surface area contributed by atoms with Crippen molar-refractivity contribution in [2.45, 2.75) is 5.88 Å². The topological polar surface area (TPSA) is 19.4 Å². The lowest BCUT2D eigenvalue weighted by Crippen LogP contribution is -2.44. The van der Waals surface area contributed by atoms with Gasteiger partial charge in [0.1, 0.15) is 0 Å². The summed E-state index contributed by atoms with van der Waals surface area (Å²) in [6, 6.07) is 4.14. The van der Waals surface area contributed by atoms with E-state index in [1.54, 1.807) is 0 Å². The van der Waals surface area contributed by atoms with Crippen LogP contribution in [0.3, 0.4) is 0 Å². The second-order valence-corrected chi connectivity index (χ2v) is 4.20. The van der Waals surface area contributed by atoms with E-state index in [2.05, 4.69) is 34.0 Å². The lowest BCUT2D eigenvalue weighted by Gasteiger charge is -2.34. The first-order valence-corrected chi connectivity index (χ1v) is 5.77. The number of anilines is 1. The van der Waals surface area contributed by atoms with Gasteiger partial charge in [-0.1, -0.05) is 0 Å². The fraction of sp³-hybridized carbons (Fsp3) is 0.545. The molecule has 0 saturated carbocycles. The van der Waals surface area contributed by atoms with Crippen molar-refractivity contribution in [3.05, 3.63) is 24.0 Å². The summed E-state index contributed by atoms with van der Waals surface area (Å²) in [5.41, 5.74) is 2.20. The molecule has 2 heterocycles. The van der Waals surface area contributed by atoms with Gasteiger partial charge in [0.2, 0.25) is 0 Å². The highest BCUT2D eigenvalue weighted by atomic mass is 35.5. The summed E-state index contributed by atoms with van der Waals surface area (Å²) in [6.45, 7) is 4.42. The molecule has 1 aromatic rings. The summed E-state index contributed by atoms with van der Waals surface area (Å²) < 4.78 is 0. The highest BCUT2D eigenvalue weighted by Gasteiger charge is 2.14. The first-order chi connectivity index (χ1) is 7.29. The zero-order chi connectivity index (χ0) is 10.7. The van der Waals surface area contributed by atoms with Crippen LogP contribution in [0.2, 0.25) is 0 Å². The molecule has 0 bridgehead atoms. The Bertz CT molecular complexity index is 321. The number of hydrogen-bond acceptors (Lipinski definition) is 3. The number of alkyl halides is 1. The Hall–Kier alpha value is -0.800. The van der Waals surface area contributed by atoms with Crippen LogP contribution in [0.5, 0.6) is 0 Å². The molecule has 0 aromatic carbocycles. The van der Waals surface area contributed by atoms with E-state index in [4.69, 9.17) is 11.6 Å². The molecule has 1 aliphatic rings. The maximum absolute atomic E-state index is 5.77. The van der Waals surface area contributed by atoms with Crippen molar-refractivity contribution in [1.29, 1.82) is 0 Å². The number of rotatable bonds is 2. The predicted molar refractivity (Wildman–Crippen MR) is 63.5 cm³/mol. The third-order valence-electron chi connectivity index (χ3n) is 2.81. The van der Waals surface area contributed by atoms with Crippen LogP contribution in [0.4, 0.5) is 5.69 Å². The SMILES string of the molecule is CN1CCN(c2ccnc(CCl)c2)CC1. The third-order valence-corrected chi connectivity index (χ3v) is 3.08. The molecule has 0 spiro atoms. The van der Waals surface area contributed by atoms with E-state index in [9.17, 15) is 0 Å². The normalized spacial score (nSPS) is 18.1. The molecule has 2 rings (SSSR count). The number of likely N-dealkylation sites (N-methyl/N-ethyl adjacent to an activating group) is 1. The van der Waals surface area contributed by atoms with Gasteiger partial charge >= 0.3 is 0 Å². The highest BCUT2D eigenvalue weighted by Crippen LogP contribution is 2.17. The Morgan fingerprint density at radius 3 is 2.73 bits per heavy atom. The van der Waals surface area contributed by atoms with E-state index in [-0.39, 0.29) is 0 Å². The van der Waals surface area contributed by atoms with Crippen molar-refractivity contribution < 1.29 is 0 Å². The van der Waals surface area contributed by atoms with E-state index < -0.39 is 0 Å². The number of aromatic nitrogens is 1. The first-order valence-electron chi connectivity index (χ1n) is 5.24. The third kappa shape index (κ3) is 2.61. The van der Waals surface area contributed by atoms with Gasteiger partial charge in [0.15, 0.2) is 0 Å². The minimum absolute atomic E-state index is 0.488. The van der Waals surface area contributed by atoms with Crippen molar-refractivity contribution in [2.24, 2.45) is 0 Å². The Morgan fingerprint density at radius 2 is 2.07 bits per heavy atom. The second kappa shape index (κ2) is 4.81. The van der Waals surface area contributed by atoms with Gasteiger partial charge in [-0.05, 0) is 19.2 Å². The lowest BCUT2D eigenvalue weighted by atomic mass is 10.2. The van der Waals surface area contributed by atoms with Crippen molar-refractivity contribution in [1.82, 2.24) is 9.88 Å². The Balaban J connectivity index is 2.08. The van der Waals surface area contributed by atoms with Gasteiger partial charge in [-0.2, -0.15) is 0 Å². The smallest absolute Gasteiger partial charge is 0.0648 e. The Labute approximate surface area is 95.7 Å². The summed E-state index contributed by atoms with van der Waals surface area (Å²) in [5, 5.41) is 0. The average molecular weight is 226 g/mol. The highest BCUT2D eigenvalue weighted by molar-refractivity contribution is 6.16.